The third-order valence-corrected chi connectivity index (χ3v) is 8.47. The van der Waals surface area contributed by atoms with Crippen LogP contribution in [0.25, 0.3) is 22.0 Å². The van der Waals surface area contributed by atoms with Crippen LogP contribution in [0.2, 0.25) is 0 Å². The molecule has 3 heterocycles. The molecule has 1 saturated carbocycles. The van der Waals surface area contributed by atoms with Crippen LogP contribution >= 0.6 is 11.3 Å². The van der Waals surface area contributed by atoms with Crippen LogP contribution in [-0.2, 0) is 4.79 Å². The smallest absolute Gasteiger partial charge is 0.257 e. The largest absolute Gasteiger partial charge is 0.496 e. The van der Waals surface area contributed by atoms with Gasteiger partial charge in [-0.05, 0) is 63.9 Å². The topological polar surface area (TPSA) is 101 Å². The highest BCUT2D eigenvalue weighted by Crippen LogP contribution is 2.32. The van der Waals surface area contributed by atoms with E-state index in [4.69, 9.17) is 9.72 Å². The fraction of sp³-hybridized carbons (Fsp3) is 0.464. The lowest BCUT2D eigenvalue weighted by Gasteiger charge is -2.35. The molecule has 1 aliphatic carbocycles. The van der Waals surface area contributed by atoms with Gasteiger partial charge in [0.15, 0.2) is 0 Å². The summed E-state index contributed by atoms with van der Waals surface area (Å²) in [5, 5.41) is 5.41. The minimum Gasteiger partial charge on any atom is -0.496 e. The SMILES string of the molecule is COc1cc(-c2cncc(-c3nc(NC(=O)CC4CCC4)cs3)n2)ccc1C(=O)N(C)C1CCN(C)CC1. The van der Waals surface area contributed by atoms with Gasteiger partial charge in [0.1, 0.15) is 22.3 Å². The molecule has 1 aliphatic heterocycles. The van der Waals surface area contributed by atoms with E-state index in [-0.39, 0.29) is 17.9 Å². The van der Waals surface area contributed by atoms with Crippen LogP contribution in [-0.4, -0.2) is 76.9 Å². The molecule has 0 unspecified atom stereocenters. The van der Waals surface area contributed by atoms with Gasteiger partial charge >= 0.3 is 0 Å². The molecule has 10 heteroatoms. The zero-order valence-electron chi connectivity index (χ0n) is 22.1. The highest BCUT2D eigenvalue weighted by molar-refractivity contribution is 7.13. The summed E-state index contributed by atoms with van der Waals surface area (Å²) in [6, 6.07) is 5.73. The number of carbonyl (C=O) groups excluding carboxylic acids is 2. The van der Waals surface area contributed by atoms with Gasteiger partial charge in [-0.1, -0.05) is 12.5 Å². The van der Waals surface area contributed by atoms with Crippen LogP contribution < -0.4 is 10.1 Å². The maximum absolute atomic E-state index is 13.3. The molecule has 1 aromatic carbocycles. The van der Waals surface area contributed by atoms with E-state index in [0.29, 0.717) is 45.9 Å². The number of methoxy groups -OCH3 is 1. The van der Waals surface area contributed by atoms with Crippen molar-refractivity contribution in [3.8, 4) is 27.7 Å². The van der Waals surface area contributed by atoms with Gasteiger partial charge in [0, 0.05) is 30.5 Å². The molecule has 0 spiro atoms. The minimum absolute atomic E-state index is 0.00887. The first-order valence-electron chi connectivity index (χ1n) is 13.1. The number of benzene rings is 1. The average Bonchev–Trinajstić information content (AvgIpc) is 3.38. The first kappa shape index (κ1) is 26.2. The van der Waals surface area contributed by atoms with Gasteiger partial charge in [0.25, 0.3) is 5.91 Å². The molecule has 9 nitrogen and oxygen atoms in total. The van der Waals surface area contributed by atoms with Crippen LogP contribution in [0.1, 0.15) is 48.9 Å². The second-order valence-corrected chi connectivity index (χ2v) is 11.1. The highest BCUT2D eigenvalue weighted by Gasteiger charge is 2.27. The molecule has 200 valence electrons. The molecule has 1 N–H and O–H groups in total. The number of thiazole rings is 1. The lowest BCUT2D eigenvalue weighted by molar-refractivity contribution is -0.117. The number of piperidine rings is 1. The Balaban J connectivity index is 1.30. The van der Waals surface area contributed by atoms with Crippen molar-refractivity contribution in [2.24, 2.45) is 5.92 Å². The van der Waals surface area contributed by atoms with Gasteiger partial charge in [0.05, 0.1) is 30.8 Å². The number of nitrogens with zero attached hydrogens (tertiary/aromatic N) is 5. The Morgan fingerprint density at radius 3 is 2.61 bits per heavy atom. The monoisotopic (exact) mass is 534 g/mol. The summed E-state index contributed by atoms with van der Waals surface area (Å²) in [5.74, 6) is 1.51. The third kappa shape index (κ3) is 5.86. The Labute approximate surface area is 227 Å². The number of hydrogen-bond donors (Lipinski definition) is 1. The van der Waals surface area contributed by atoms with Gasteiger partial charge in [-0.25, -0.2) is 9.97 Å². The van der Waals surface area contributed by atoms with Crippen LogP contribution in [0.5, 0.6) is 5.75 Å². The molecule has 0 atom stereocenters. The van der Waals surface area contributed by atoms with Gasteiger partial charge in [-0.2, -0.15) is 0 Å². The predicted molar refractivity (Wildman–Crippen MR) is 148 cm³/mol. The number of hydrogen-bond acceptors (Lipinski definition) is 8. The van der Waals surface area contributed by atoms with Crippen molar-refractivity contribution in [2.45, 2.75) is 44.6 Å². The Kier molecular flexibility index (Phi) is 7.99. The van der Waals surface area contributed by atoms with E-state index in [0.717, 1.165) is 44.3 Å². The summed E-state index contributed by atoms with van der Waals surface area (Å²) < 4.78 is 5.62. The van der Waals surface area contributed by atoms with E-state index in [1.54, 1.807) is 25.6 Å². The van der Waals surface area contributed by atoms with Crippen molar-refractivity contribution in [1.82, 2.24) is 24.8 Å². The fourth-order valence-electron chi connectivity index (χ4n) is 4.98. The van der Waals surface area contributed by atoms with E-state index < -0.39 is 0 Å². The molecule has 38 heavy (non-hydrogen) atoms. The van der Waals surface area contributed by atoms with Crippen LogP contribution in [0.3, 0.4) is 0 Å². The summed E-state index contributed by atoms with van der Waals surface area (Å²) in [6.07, 6.45) is 9.30. The molecule has 0 bridgehead atoms. The maximum Gasteiger partial charge on any atom is 0.257 e. The lowest BCUT2D eigenvalue weighted by Crippen LogP contribution is -2.44. The summed E-state index contributed by atoms with van der Waals surface area (Å²) in [5.41, 5.74) is 2.59. The van der Waals surface area contributed by atoms with Crippen molar-refractivity contribution >= 4 is 29.0 Å². The van der Waals surface area contributed by atoms with E-state index in [9.17, 15) is 9.59 Å². The summed E-state index contributed by atoms with van der Waals surface area (Å²) in [6.45, 7) is 1.97. The van der Waals surface area contributed by atoms with E-state index in [1.807, 2.05) is 29.5 Å². The summed E-state index contributed by atoms with van der Waals surface area (Å²) in [4.78, 5) is 43.4. The van der Waals surface area contributed by atoms with E-state index in [1.165, 1.54) is 17.8 Å². The van der Waals surface area contributed by atoms with E-state index in [2.05, 4.69) is 27.2 Å². The van der Waals surface area contributed by atoms with E-state index >= 15 is 0 Å². The molecule has 0 radical (unpaired) electrons. The summed E-state index contributed by atoms with van der Waals surface area (Å²) in [7, 11) is 5.56. The standard InChI is InChI=1S/C28H34N6O3S/c1-33-11-9-20(10-12-33)34(2)28(36)21-8-7-19(14-24(21)37-3)22-15-29-16-23(30-22)27-32-25(17-38-27)31-26(35)13-18-5-4-6-18/h7-8,14-18,20H,4-6,9-13H2,1-3H3,(H,31,35). The molecule has 2 aliphatic rings. The zero-order valence-corrected chi connectivity index (χ0v) is 23.0. The maximum atomic E-state index is 13.3. The average molecular weight is 535 g/mol. The molecule has 3 aromatic rings. The molecule has 2 amide bonds. The van der Waals surface area contributed by atoms with Gasteiger partial charge in [-0.15, -0.1) is 11.3 Å². The number of ether oxygens (including phenoxy) is 1. The zero-order chi connectivity index (χ0) is 26.6. The van der Waals surface area contributed by atoms with Gasteiger partial charge in [0.2, 0.25) is 5.91 Å². The Bertz CT molecular complexity index is 1300. The number of nitrogens with one attached hydrogen (secondary N) is 1. The second-order valence-electron chi connectivity index (χ2n) is 10.2. The van der Waals surface area contributed by atoms with Crippen molar-refractivity contribution in [1.29, 1.82) is 0 Å². The first-order chi connectivity index (χ1) is 18.4. The Hall–Kier alpha value is -3.37. The quantitative estimate of drug-likeness (QED) is 0.452. The Morgan fingerprint density at radius 2 is 1.89 bits per heavy atom. The van der Waals surface area contributed by atoms with Crippen LogP contribution in [0.15, 0.2) is 36.0 Å². The van der Waals surface area contributed by atoms with Crippen molar-refractivity contribution in [3.05, 3.63) is 41.5 Å². The normalized spacial score (nSPS) is 16.6. The van der Waals surface area contributed by atoms with Crippen molar-refractivity contribution in [2.75, 3.05) is 39.6 Å². The van der Waals surface area contributed by atoms with Crippen molar-refractivity contribution < 1.29 is 14.3 Å². The van der Waals surface area contributed by atoms with Crippen molar-refractivity contribution in [3.63, 3.8) is 0 Å². The van der Waals surface area contributed by atoms with Crippen LogP contribution in [0, 0.1) is 5.92 Å². The number of amides is 2. The number of anilines is 1. The lowest BCUT2D eigenvalue weighted by atomic mass is 9.83. The number of carbonyl (C=O) groups is 2. The second kappa shape index (κ2) is 11.6. The summed E-state index contributed by atoms with van der Waals surface area (Å²) >= 11 is 1.41. The Morgan fingerprint density at radius 1 is 1.13 bits per heavy atom. The minimum atomic E-state index is -0.0440. The molecule has 5 rings (SSSR count). The van der Waals surface area contributed by atoms with Crippen LogP contribution in [0.4, 0.5) is 5.82 Å². The molecular formula is C28H34N6O3S. The van der Waals surface area contributed by atoms with Gasteiger partial charge < -0.3 is 19.9 Å². The van der Waals surface area contributed by atoms with Gasteiger partial charge in [-0.3, -0.25) is 14.6 Å². The molecule has 1 saturated heterocycles. The first-order valence-corrected chi connectivity index (χ1v) is 14.0. The fourth-order valence-corrected chi connectivity index (χ4v) is 5.68. The number of likely N-dealkylation sites (tertiary alicyclic amines) is 1. The molecule has 2 aromatic heterocycles. The predicted octanol–water partition coefficient (Wildman–Crippen LogP) is 4.57. The highest BCUT2D eigenvalue weighted by atomic mass is 32.1. The molecule has 2 fully saturated rings. The number of rotatable bonds is 8. The number of aromatic nitrogens is 3. The molecular weight excluding hydrogens is 500 g/mol. The third-order valence-electron chi connectivity index (χ3n) is 7.61.